The summed E-state index contributed by atoms with van der Waals surface area (Å²) in [7, 11) is 1.61. The molecule has 1 aliphatic rings. The topological polar surface area (TPSA) is 66.2 Å². The van der Waals surface area contributed by atoms with Crippen molar-refractivity contribution in [2.75, 3.05) is 12.9 Å². The number of ether oxygens (including phenoxy) is 2. The number of hydrogen-bond acceptors (Lipinski definition) is 6. The Bertz CT molecular complexity index is 1140. The Labute approximate surface area is 173 Å². The first kappa shape index (κ1) is 19.7. The molecule has 3 heterocycles. The summed E-state index contributed by atoms with van der Waals surface area (Å²) >= 11 is 1.46. The molecule has 1 aliphatic heterocycles. The van der Waals surface area contributed by atoms with Gasteiger partial charge in [-0.05, 0) is 44.2 Å². The van der Waals surface area contributed by atoms with Crippen molar-refractivity contribution in [3.8, 4) is 11.4 Å². The second kappa shape index (κ2) is 7.65. The van der Waals surface area contributed by atoms with Crippen LogP contribution in [0.5, 0.6) is 5.75 Å². The second-order valence-corrected chi connectivity index (χ2v) is 8.51. The van der Waals surface area contributed by atoms with Gasteiger partial charge in [0.1, 0.15) is 5.75 Å². The summed E-state index contributed by atoms with van der Waals surface area (Å²) in [4.78, 5) is 22.9. The zero-order valence-electron chi connectivity index (χ0n) is 16.8. The van der Waals surface area contributed by atoms with Crippen molar-refractivity contribution in [3.63, 3.8) is 0 Å². The van der Waals surface area contributed by atoms with Crippen LogP contribution in [0.1, 0.15) is 25.1 Å². The van der Waals surface area contributed by atoms with Crippen LogP contribution in [0.25, 0.3) is 16.7 Å². The normalized spacial score (nSPS) is 15.1. The number of benzene rings is 1. The van der Waals surface area contributed by atoms with Gasteiger partial charge in [0.25, 0.3) is 5.56 Å². The van der Waals surface area contributed by atoms with Crippen LogP contribution in [0.3, 0.4) is 0 Å². The molecule has 4 rings (SSSR count). The van der Waals surface area contributed by atoms with Gasteiger partial charge in [-0.15, -0.1) is 6.58 Å². The molecular formula is C22H23N3O3S. The average Bonchev–Trinajstić information content (AvgIpc) is 2.71. The molecule has 0 bridgehead atoms. The Morgan fingerprint density at radius 1 is 1.31 bits per heavy atom. The number of fused-ring (bicyclic) bond motifs is 2. The van der Waals surface area contributed by atoms with E-state index in [1.807, 2.05) is 44.2 Å². The van der Waals surface area contributed by atoms with Crippen LogP contribution in [-0.2, 0) is 17.8 Å². The van der Waals surface area contributed by atoms with Crippen LogP contribution in [0.2, 0.25) is 0 Å². The van der Waals surface area contributed by atoms with E-state index in [2.05, 4.69) is 6.58 Å². The zero-order valence-corrected chi connectivity index (χ0v) is 17.6. The molecule has 0 spiro atoms. The van der Waals surface area contributed by atoms with E-state index in [4.69, 9.17) is 19.4 Å². The summed E-state index contributed by atoms with van der Waals surface area (Å²) in [5.41, 5.74) is 2.68. The van der Waals surface area contributed by atoms with Crippen molar-refractivity contribution in [2.45, 2.75) is 37.6 Å². The molecule has 29 heavy (non-hydrogen) atoms. The molecule has 0 saturated heterocycles. The predicted octanol–water partition coefficient (Wildman–Crippen LogP) is 3.92. The molecule has 2 aromatic heterocycles. The summed E-state index contributed by atoms with van der Waals surface area (Å²) in [5.74, 6) is 1.37. The third-order valence-electron chi connectivity index (χ3n) is 4.87. The maximum atomic E-state index is 13.5. The first-order valence-electron chi connectivity index (χ1n) is 9.39. The van der Waals surface area contributed by atoms with Crippen molar-refractivity contribution in [3.05, 3.63) is 64.6 Å². The molecule has 0 amide bonds. The highest BCUT2D eigenvalue weighted by Gasteiger charge is 2.28. The first-order valence-corrected chi connectivity index (χ1v) is 10.4. The van der Waals surface area contributed by atoms with Crippen LogP contribution >= 0.6 is 11.8 Å². The van der Waals surface area contributed by atoms with Crippen molar-refractivity contribution in [1.29, 1.82) is 0 Å². The quantitative estimate of drug-likeness (QED) is 0.362. The van der Waals surface area contributed by atoms with E-state index >= 15 is 0 Å². The zero-order chi connectivity index (χ0) is 20.6. The smallest absolute Gasteiger partial charge is 0.268 e. The summed E-state index contributed by atoms with van der Waals surface area (Å²) in [6.07, 6.45) is 2.48. The summed E-state index contributed by atoms with van der Waals surface area (Å²) in [6, 6.07) is 9.24. The Hall–Kier alpha value is -2.64. The molecule has 0 saturated carbocycles. The van der Waals surface area contributed by atoms with Crippen LogP contribution < -0.4 is 10.3 Å². The molecule has 0 atom stereocenters. The largest absolute Gasteiger partial charge is 0.497 e. The van der Waals surface area contributed by atoms with Gasteiger partial charge in [0.05, 0.1) is 36.1 Å². The third kappa shape index (κ3) is 3.80. The fourth-order valence-corrected chi connectivity index (χ4v) is 4.10. The molecule has 3 aromatic rings. The molecule has 1 aromatic carbocycles. The molecule has 0 fully saturated rings. The SMILES string of the molecule is C=CCSc1nc2nc3c(cc2c(=O)n1-c1ccc(OC)cc1)COC(C)(C)C3. The van der Waals surface area contributed by atoms with Crippen LogP contribution in [0, 0.1) is 0 Å². The summed E-state index contributed by atoms with van der Waals surface area (Å²) in [5, 5.41) is 1.08. The van der Waals surface area contributed by atoms with Gasteiger partial charge in [-0.2, -0.15) is 0 Å². The lowest BCUT2D eigenvalue weighted by Crippen LogP contribution is -2.33. The molecular weight excluding hydrogens is 386 g/mol. The van der Waals surface area contributed by atoms with E-state index in [0.29, 0.717) is 35.0 Å². The number of hydrogen-bond donors (Lipinski definition) is 0. The van der Waals surface area contributed by atoms with Gasteiger partial charge in [0.15, 0.2) is 10.8 Å². The van der Waals surface area contributed by atoms with Gasteiger partial charge < -0.3 is 9.47 Å². The Balaban J connectivity index is 1.92. The van der Waals surface area contributed by atoms with Crippen molar-refractivity contribution < 1.29 is 9.47 Å². The van der Waals surface area contributed by atoms with Crippen molar-refractivity contribution in [1.82, 2.24) is 14.5 Å². The average molecular weight is 410 g/mol. The fourth-order valence-electron chi connectivity index (χ4n) is 3.37. The van der Waals surface area contributed by atoms with Gasteiger partial charge in [0.2, 0.25) is 0 Å². The van der Waals surface area contributed by atoms with E-state index in [-0.39, 0.29) is 11.2 Å². The molecule has 7 heteroatoms. The standard InChI is InChI=1S/C22H23N3O3S/c1-5-10-29-21-24-19-17(11-14-13-28-22(2,3)12-18(14)23-19)20(26)25(21)15-6-8-16(27-4)9-7-15/h5-9,11H,1,10,12-13H2,2-4H3. The molecule has 0 radical (unpaired) electrons. The third-order valence-corrected chi connectivity index (χ3v) is 5.80. The number of rotatable bonds is 5. The van der Waals surface area contributed by atoms with Gasteiger partial charge in [-0.1, -0.05) is 17.8 Å². The first-order chi connectivity index (χ1) is 13.9. The predicted molar refractivity (Wildman–Crippen MR) is 115 cm³/mol. The molecule has 0 unspecified atom stereocenters. The number of nitrogens with zero attached hydrogens (tertiary/aromatic N) is 3. The fraction of sp³-hybridized carbons (Fsp3) is 0.318. The van der Waals surface area contributed by atoms with E-state index in [1.165, 1.54) is 11.8 Å². The number of aromatic nitrogens is 3. The minimum atomic E-state index is -0.272. The Kier molecular flexibility index (Phi) is 5.19. The highest BCUT2D eigenvalue weighted by atomic mass is 32.2. The summed E-state index contributed by atoms with van der Waals surface area (Å²) in [6.45, 7) is 8.31. The van der Waals surface area contributed by atoms with E-state index in [9.17, 15) is 4.79 Å². The lowest BCUT2D eigenvalue weighted by molar-refractivity contribution is -0.0411. The van der Waals surface area contributed by atoms with Crippen LogP contribution in [0.15, 0.2) is 52.9 Å². The van der Waals surface area contributed by atoms with E-state index in [0.717, 1.165) is 22.7 Å². The maximum Gasteiger partial charge on any atom is 0.268 e. The van der Waals surface area contributed by atoms with Crippen LogP contribution in [0.4, 0.5) is 0 Å². The molecule has 0 N–H and O–H groups in total. The summed E-state index contributed by atoms with van der Waals surface area (Å²) < 4.78 is 12.8. The van der Waals surface area contributed by atoms with Gasteiger partial charge in [-0.3, -0.25) is 9.36 Å². The Morgan fingerprint density at radius 2 is 2.07 bits per heavy atom. The lowest BCUT2D eigenvalue weighted by Gasteiger charge is -2.31. The highest BCUT2D eigenvalue weighted by Crippen LogP contribution is 2.29. The molecule has 150 valence electrons. The van der Waals surface area contributed by atoms with E-state index in [1.54, 1.807) is 17.8 Å². The number of pyridine rings is 1. The Morgan fingerprint density at radius 3 is 2.76 bits per heavy atom. The lowest BCUT2D eigenvalue weighted by atomic mass is 9.95. The van der Waals surface area contributed by atoms with Crippen LogP contribution in [-0.4, -0.2) is 33.0 Å². The number of methoxy groups -OCH3 is 1. The minimum absolute atomic E-state index is 0.146. The molecule has 0 aliphatic carbocycles. The number of thioether (sulfide) groups is 1. The second-order valence-electron chi connectivity index (χ2n) is 7.52. The van der Waals surface area contributed by atoms with Gasteiger partial charge in [-0.25, -0.2) is 9.97 Å². The minimum Gasteiger partial charge on any atom is -0.497 e. The van der Waals surface area contributed by atoms with Crippen molar-refractivity contribution >= 4 is 22.8 Å². The maximum absolute atomic E-state index is 13.5. The van der Waals surface area contributed by atoms with Gasteiger partial charge >= 0.3 is 0 Å². The molecule has 6 nitrogen and oxygen atoms in total. The van der Waals surface area contributed by atoms with Crippen molar-refractivity contribution in [2.24, 2.45) is 0 Å². The monoisotopic (exact) mass is 409 g/mol. The van der Waals surface area contributed by atoms with Gasteiger partial charge in [0, 0.05) is 17.7 Å². The van der Waals surface area contributed by atoms with E-state index < -0.39 is 0 Å². The highest BCUT2D eigenvalue weighted by molar-refractivity contribution is 7.99.